The second kappa shape index (κ2) is 24.4. The summed E-state index contributed by atoms with van der Waals surface area (Å²) >= 11 is 29.4. The molecule has 0 atom stereocenters. The molecule has 8 heterocycles. The number of nitrogens with zero attached hydrogens (tertiary/aromatic N) is 4. The van der Waals surface area contributed by atoms with Crippen molar-refractivity contribution in [3.8, 4) is 72.3 Å². The monoisotopic (exact) mass is 1010 g/mol. The Morgan fingerprint density at radius 3 is 1.08 bits per heavy atom. The summed E-state index contributed by atoms with van der Waals surface area (Å²) in [5, 5.41) is 8.74. The maximum Gasteiger partial charge on any atom is 0.181 e. The van der Waals surface area contributed by atoms with Crippen LogP contribution in [0.1, 0.15) is 102 Å². The second-order valence-corrected chi connectivity index (χ2v) is 21.1. The number of halogens is 4. The number of aromatic nitrogens is 4. The highest BCUT2D eigenvalue weighted by Crippen LogP contribution is 2.63. The SMILES string of the molecule is CCCCc1csc(-c2nc(CCCC)c(-c3sc(-c4sc(-c5sc(-c6nc(CCCC)cs6)nc5CCCC)c5c4OCCO5)c4c3OCCO4)s2)n1.ClCCl.ClCCl. The van der Waals surface area contributed by atoms with E-state index in [-0.39, 0.29) is 10.7 Å². The van der Waals surface area contributed by atoms with Crippen LogP contribution in [0.4, 0.5) is 0 Å². The lowest BCUT2D eigenvalue weighted by Gasteiger charge is -2.18. The molecule has 60 heavy (non-hydrogen) atoms. The Balaban J connectivity index is 0.000000951. The van der Waals surface area contributed by atoms with Crippen molar-refractivity contribution in [2.75, 3.05) is 37.1 Å². The van der Waals surface area contributed by atoms with E-state index in [0.29, 0.717) is 26.4 Å². The number of hydrogen-bond acceptors (Lipinski definition) is 14. The third-order valence-corrected chi connectivity index (χ3v) is 16.4. The van der Waals surface area contributed by atoms with Gasteiger partial charge in [0.15, 0.2) is 43.0 Å². The largest absolute Gasteiger partial charge is 0.485 e. The third kappa shape index (κ3) is 11.5. The predicted octanol–water partition coefficient (Wildman–Crippen LogP) is 15.7. The summed E-state index contributed by atoms with van der Waals surface area (Å²) in [6.07, 6.45) is 12.8. The summed E-state index contributed by atoms with van der Waals surface area (Å²) in [4.78, 5) is 27.0. The fraction of sp³-hybridized carbons (Fsp3) is 0.524. The highest BCUT2D eigenvalue weighted by Gasteiger charge is 2.36. The number of rotatable bonds is 17. The molecule has 6 aromatic heterocycles. The minimum atomic E-state index is 0.194. The first-order valence-corrected chi connectivity index (χ1v) is 27.6. The molecule has 0 bridgehead atoms. The molecule has 326 valence electrons. The zero-order valence-electron chi connectivity index (χ0n) is 34.3. The summed E-state index contributed by atoms with van der Waals surface area (Å²) in [7, 11) is 0. The minimum absolute atomic E-state index is 0.194. The summed E-state index contributed by atoms with van der Waals surface area (Å²) in [5.41, 5.74) is 4.54. The summed E-state index contributed by atoms with van der Waals surface area (Å²) in [6, 6.07) is 0. The lowest BCUT2D eigenvalue weighted by Crippen LogP contribution is -2.15. The number of aryl methyl sites for hydroxylation is 4. The molecule has 6 aromatic rings. The van der Waals surface area contributed by atoms with Crippen LogP contribution in [0.5, 0.6) is 23.0 Å². The van der Waals surface area contributed by atoms with Crippen LogP contribution in [0.15, 0.2) is 10.8 Å². The number of unbranched alkanes of at least 4 members (excludes halogenated alkanes) is 4. The molecule has 2 aliphatic rings. The highest BCUT2D eigenvalue weighted by atomic mass is 35.5. The quantitative estimate of drug-likeness (QED) is 0.0835. The van der Waals surface area contributed by atoms with E-state index in [1.54, 1.807) is 68.0 Å². The molecule has 0 saturated heterocycles. The van der Waals surface area contributed by atoms with Gasteiger partial charge in [0.05, 0.1) is 62.7 Å². The van der Waals surface area contributed by atoms with Crippen molar-refractivity contribution in [2.24, 2.45) is 0 Å². The lowest BCUT2D eigenvalue weighted by atomic mass is 10.1. The molecule has 0 amide bonds. The van der Waals surface area contributed by atoms with Gasteiger partial charge in [0.1, 0.15) is 26.4 Å². The maximum absolute atomic E-state index is 6.49. The fourth-order valence-corrected chi connectivity index (χ4v) is 13.3. The zero-order valence-corrected chi connectivity index (χ0v) is 42.2. The van der Waals surface area contributed by atoms with Crippen LogP contribution in [-0.4, -0.2) is 57.0 Å². The molecule has 0 saturated carbocycles. The van der Waals surface area contributed by atoms with Crippen LogP contribution in [-0.2, 0) is 25.7 Å². The van der Waals surface area contributed by atoms with E-state index < -0.39 is 0 Å². The number of alkyl halides is 4. The van der Waals surface area contributed by atoms with E-state index >= 15 is 0 Å². The van der Waals surface area contributed by atoms with Gasteiger partial charge in [-0.05, 0) is 51.4 Å². The molecule has 8 rings (SSSR count). The number of thiazole rings is 4. The first-order chi connectivity index (χ1) is 29.4. The highest BCUT2D eigenvalue weighted by molar-refractivity contribution is 7.31. The average Bonchev–Trinajstić information content (AvgIpc) is 4.13. The maximum atomic E-state index is 6.49. The number of hydrogen-bond donors (Lipinski definition) is 0. The molecule has 0 spiro atoms. The van der Waals surface area contributed by atoms with Gasteiger partial charge in [-0.3, -0.25) is 0 Å². The van der Waals surface area contributed by atoms with Crippen molar-refractivity contribution in [1.29, 1.82) is 0 Å². The fourth-order valence-electron chi connectivity index (χ4n) is 6.52. The van der Waals surface area contributed by atoms with E-state index in [1.165, 1.54) is 0 Å². The van der Waals surface area contributed by atoms with Crippen molar-refractivity contribution < 1.29 is 18.9 Å². The Bertz CT molecular complexity index is 2090. The van der Waals surface area contributed by atoms with Gasteiger partial charge < -0.3 is 18.9 Å². The van der Waals surface area contributed by atoms with Crippen molar-refractivity contribution in [3.63, 3.8) is 0 Å². The van der Waals surface area contributed by atoms with Crippen LogP contribution in [0.2, 0.25) is 0 Å². The van der Waals surface area contributed by atoms with E-state index in [2.05, 4.69) is 38.5 Å². The number of thiophene rings is 2. The van der Waals surface area contributed by atoms with Crippen LogP contribution in [0, 0.1) is 0 Å². The first-order valence-electron chi connectivity index (χ1n) is 20.4. The molecule has 0 unspecified atom stereocenters. The number of fused-ring (bicyclic) bond motifs is 2. The zero-order chi connectivity index (χ0) is 42.4. The van der Waals surface area contributed by atoms with Crippen LogP contribution in [0.3, 0.4) is 0 Å². The standard InChI is InChI=1S/C40H46N4O4S6.2CH2Cl2/c1-5-9-13-23-21-49-37(41-23)39-43-25(15-11-7-3)31(53-39)33-27-29(47-19-17-45-27)35(51-33)36-30-28(46-18-20-48-30)34(52-36)32-26(16-12-8-4)44-40(54-32)38-42-24(22-50-38)14-10-6-2;2*2-1-3/h21-22H,5-20H2,1-4H3;2*1H2. The molecule has 0 aromatic carbocycles. The molecular weight excluding hydrogens is 959 g/mol. The molecule has 8 nitrogen and oxygen atoms in total. The third-order valence-electron chi connectivity index (χ3n) is 9.39. The Kier molecular flexibility index (Phi) is 19.4. The Morgan fingerprint density at radius 1 is 0.433 bits per heavy atom. The Hall–Kier alpha value is -1.72. The predicted molar refractivity (Wildman–Crippen MR) is 262 cm³/mol. The minimum Gasteiger partial charge on any atom is -0.485 e. The van der Waals surface area contributed by atoms with Crippen molar-refractivity contribution in [1.82, 2.24) is 19.9 Å². The second-order valence-electron chi connectivity index (χ2n) is 13.7. The summed E-state index contributed by atoms with van der Waals surface area (Å²) in [6.45, 7) is 10.9. The lowest BCUT2D eigenvalue weighted by molar-refractivity contribution is 0.172. The van der Waals surface area contributed by atoms with Crippen molar-refractivity contribution >= 4 is 114 Å². The molecule has 0 aliphatic carbocycles. The van der Waals surface area contributed by atoms with Gasteiger partial charge >= 0.3 is 0 Å². The molecule has 0 fully saturated rings. The van der Waals surface area contributed by atoms with Crippen LogP contribution >= 0.6 is 114 Å². The molecular formula is C42H50Cl4N4O4S6. The van der Waals surface area contributed by atoms with Gasteiger partial charge in [-0.1, -0.05) is 53.4 Å². The molecule has 18 heteroatoms. The van der Waals surface area contributed by atoms with Gasteiger partial charge in [-0.15, -0.1) is 114 Å². The van der Waals surface area contributed by atoms with E-state index in [0.717, 1.165) is 172 Å². The van der Waals surface area contributed by atoms with Gasteiger partial charge in [0.25, 0.3) is 0 Å². The van der Waals surface area contributed by atoms with E-state index in [1.807, 2.05) is 0 Å². The van der Waals surface area contributed by atoms with Crippen LogP contribution < -0.4 is 18.9 Å². The molecule has 0 N–H and O–H groups in total. The normalized spacial score (nSPS) is 12.9. The van der Waals surface area contributed by atoms with Gasteiger partial charge in [-0.25, -0.2) is 19.9 Å². The molecule has 2 aliphatic heterocycles. The van der Waals surface area contributed by atoms with Crippen molar-refractivity contribution in [3.05, 3.63) is 33.5 Å². The average molecular weight is 1010 g/mol. The van der Waals surface area contributed by atoms with Gasteiger partial charge in [0, 0.05) is 10.8 Å². The smallest absolute Gasteiger partial charge is 0.181 e. The molecule has 0 radical (unpaired) electrons. The summed E-state index contributed by atoms with van der Waals surface area (Å²) < 4.78 is 25.9. The number of ether oxygens (including phenoxy) is 4. The van der Waals surface area contributed by atoms with E-state index in [4.69, 9.17) is 85.3 Å². The Labute approximate surface area is 397 Å². The van der Waals surface area contributed by atoms with Crippen molar-refractivity contribution in [2.45, 2.75) is 105 Å². The van der Waals surface area contributed by atoms with E-state index in [9.17, 15) is 0 Å². The first kappa shape index (κ1) is 47.8. The topological polar surface area (TPSA) is 88.5 Å². The van der Waals surface area contributed by atoms with Crippen LogP contribution in [0.25, 0.3) is 49.3 Å². The summed E-state index contributed by atoms with van der Waals surface area (Å²) in [5.74, 6) is 3.20. The van der Waals surface area contributed by atoms with Gasteiger partial charge in [0.2, 0.25) is 0 Å². The Morgan fingerprint density at radius 2 is 0.750 bits per heavy atom. The van der Waals surface area contributed by atoms with Gasteiger partial charge in [-0.2, -0.15) is 0 Å².